The van der Waals surface area contributed by atoms with E-state index in [1.54, 1.807) is 31.2 Å². The van der Waals surface area contributed by atoms with Crippen LogP contribution in [0.2, 0.25) is 0 Å². The molecule has 0 saturated heterocycles. The van der Waals surface area contributed by atoms with Crippen LogP contribution >= 0.6 is 11.3 Å². The van der Waals surface area contributed by atoms with E-state index in [0.717, 1.165) is 11.3 Å². The molecule has 1 unspecified atom stereocenters. The lowest BCUT2D eigenvalue weighted by Gasteiger charge is -2.15. The average Bonchev–Trinajstić information content (AvgIpc) is 3.05. The molecule has 1 aromatic heterocycles. The number of fused-ring (bicyclic) bond motifs is 1. The molecule has 0 bridgehead atoms. The summed E-state index contributed by atoms with van der Waals surface area (Å²) < 4.78 is 60.4. The van der Waals surface area contributed by atoms with Gasteiger partial charge in [-0.25, -0.2) is 9.18 Å². The number of ether oxygens (including phenoxy) is 1. The number of rotatable bonds is 4. The first-order chi connectivity index (χ1) is 14.2. The van der Waals surface area contributed by atoms with Crippen molar-refractivity contribution in [2.24, 2.45) is 4.99 Å². The molecule has 0 aliphatic heterocycles. The molecule has 1 amide bonds. The number of carbonyl (C=O) groups excluding carboxylic acids is 2. The number of benzene rings is 2. The zero-order chi connectivity index (χ0) is 22.1. The second-order valence-corrected chi connectivity index (χ2v) is 7.28. The lowest BCUT2D eigenvalue weighted by atomic mass is 10.1. The van der Waals surface area contributed by atoms with Crippen LogP contribution in [0.4, 0.5) is 17.6 Å². The number of thiazole rings is 1. The predicted octanol–water partition coefficient (Wildman–Crippen LogP) is 4.73. The number of hydrogen-bond acceptors (Lipinski definition) is 4. The molecule has 10 heteroatoms. The standard InChI is InChI=1S/C20H16F4N2O3S/c1-3-14(18(28)29-2)26-15-6-4-5-7-16(15)30-19(26)25-17(27)12-10-11(21)8-9-13(12)20(22,23)24/h4-10,14H,3H2,1-2H3. The highest BCUT2D eigenvalue weighted by atomic mass is 32.1. The van der Waals surface area contributed by atoms with Crippen LogP contribution in [-0.4, -0.2) is 23.6 Å². The number of esters is 1. The smallest absolute Gasteiger partial charge is 0.417 e. The normalized spacial score (nSPS) is 13.5. The van der Waals surface area contributed by atoms with Gasteiger partial charge in [-0.2, -0.15) is 18.2 Å². The number of carbonyl (C=O) groups is 2. The number of amides is 1. The second kappa shape index (κ2) is 8.39. The van der Waals surface area contributed by atoms with Crippen molar-refractivity contribution in [1.82, 2.24) is 4.57 Å². The largest absolute Gasteiger partial charge is 0.467 e. The minimum atomic E-state index is -4.86. The van der Waals surface area contributed by atoms with E-state index in [9.17, 15) is 27.2 Å². The van der Waals surface area contributed by atoms with Crippen LogP contribution in [-0.2, 0) is 15.7 Å². The molecular formula is C20H16F4N2O3S. The highest BCUT2D eigenvalue weighted by Crippen LogP contribution is 2.33. The van der Waals surface area contributed by atoms with E-state index in [1.165, 1.54) is 11.7 Å². The molecule has 0 spiro atoms. The summed E-state index contributed by atoms with van der Waals surface area (Å²) in [5, 5.41) is 0. The van der Waals surface area contributed by atoms with Gasteiger partial charge in [-0.05, 0) is 36.8 Å². The number of nitrogens with zero attached hydrogens (tertiary/aromatic N) is 2. The van der Waals surface area contributed by atoms with Gasteiger partial charge in [0.05, 0.1) is 28.5 Å². The van der Waals surface area contributed by atoms with Crippen molar-refractivity contribution in [1.29, 1.82) is 0 Å². The summed E-state index contributed by atoms with van der Waals surface area (Å²) >= 11 is 1.03. The quantitative estimate of drug-likeness (QED) is 0.436. The van der Waals surface area contributed by atoms with Crippen molar-refractivity contribution in [2.75, 3.05) is 7.11 Å². The Labute approximate surface area is 172 Å². The van der Waals surface area contributed by atoms with Gasteiger partial charge in [0.1, 0.15) is 11.9 Å². The molecule has 0 saturated carbocycles. The lowest BCUT2D eigenvalue weighted by molar-refractivity contribution is -0.144. The monoisotopic (exact) mass is 440 g/mol. The third-order valence-electron chi connectivity index (χ3n) is 4.42. The van der Waals surface area contributed by atoms with Crippen molar-refractivity contribution < 1.29 is 31.9 Å². The van der Waals surface area contributed by atoms with Gasteiger partial charge in [0.25, 0.3) is 5.91 Å². The summed E-state index contributed by atoms with van der Waals surface area (Å²) in [7, 11) is 1.21. The number of methoxy groups -OCH3 is 1. The molecule has 0 fully saturated rings. The molecule has 3 aromatic rings. The number of hydrogen-bond donors (Lipinski definition) is 0. The maximum Gasteiger partial charge on any atom is 0.417 e. The van der Waals surface area contributed by atoms with E-state index >= 15 is 0 Å². The molecule has 0 radical (unpaired) electrons. The van der Waals surface area contributed by atoms with Crippen molar-refractivity contribution in [2.45, 2.75) is 25.6 Å². The van der Waals surface area contributed by atoms with Crippen LogP contribution in [0.15, 0.2) is 47.5 Å². The van der Waals surface area contributed by atoms with Crippen LogP contribution in [0, 0.1) is 5.82 Å². The Morgan fingerprint density at radius 1 is 1.20 bits per heavy atom. The Hall–Kier alpha value is -3.01. The van der Waals surface area contributed by atoms with E-state index in [0.29, 0.717) is 34.8 Å². The number of alkyl halides is 3. The molecule has 0 N–H and O–H groups in total. The summed E-state index contributed by atoms with van der Waals surface area (Å²) in [5.74, 6) is -2.84. The zero-order valence-corrected chi connectivity index (χ0v) is 16.7. The molecule has 0 aliphatic carbocycles. The fraction of sp³-hybridized carbons (Fsp3) is 0.250. The Morgan fingerprint density at radius 3 is 2.53 bits per heavy atom. The molecule has 30 heavy (non-hydrogen) atoms. The Morgan fingerprint density at radius 2 is 1.90 bits per heavy atom. The molecule has 5 nitrogen and oxygen atoms in total. The van der Waals surface area contributed by atoms with Crippen molar-refractivity contribution >= 4 is 33.4 Å². The van der Waals surface area contributed by atoms with Gasteiger partial charge in [-0.1, -0.05) is 30.4 Å². The zero-order valence-electron chi connectivity index (χ0n) is 15.9. The first kappa shape index (κ1) is 21.7. The van der Waals surface area contributed by atoms with Crippen LogP contribution in [0.3, 0.4) is 0 Å². The first-order valence-electron chi connectivity index (χ1n) is 8.81. The summed E-state index contributed by atoms with van der Waals surface area (Å²) in [5.41, 5.74) is -1.62. The van der Waals surface area contributed by atoms with E-state index in [4.69, 9.17) is 4.74 Å². The van der Waals surface area contributed by atoms with Gasteiger partial charge in [0.15, 0.2) is 4.80 Å². The molecule has 1 atom stereocenters. The molecule has 1 heterocycles. The summed E-state index contributed by atoms with van der Waals surface area (Å²) in [6.45, 7) is 1.72. The highest BCUT2D eigenvalue weighted by Gasteiger charge is 2.35. The third-order valence-corrected chi connectivity index (χ3v) is 5.45. The van der Waals surface area contributed by atoms with Crippen LogP contribution in [0.1, 0.15) is 35.3 Å². The molecule has 2 aromatic carbocycles. The van der Waals surface area contributed by atoms with Gasteiger partial charge in [-0.3, -0.25) is 4.79 Å². The number of para-hydroxylation sites is 1. The third kappa shape index (κ3) is 4.13. The van der Waals surface area contributed by atoms with Crippen molar-refractivity contribution in [3.05, 3.63) is 64.2 Å². The van der Waals surface area contributed by atoms with E-state index < -0.39 is 41.0 Å². The van der Waals surface area contributed by atoms with Crippen molar-refractivity contribution in [3.63, 3.8) is 0 Å². The summed E-state index contributed by atoms with van der Waals surface area (Å²) in [4.78, 5) is 28.8. The van der Waals surface area contributed by atoms with Gasteiger partial charge in [0, 0.05) is 0 Å². The summed E-state index contributed by atoms with van der Waals surface area (Å²) in [6, 6.07) is 7.68. The Bertz CT molecular complexity index is 1180. The lowest BCUT2D eigenvalue weighted by Crippen LogP contribution is -2.28. The van der Waals surface area contributed by atoms with Gasteiger partial charge in [0.2, 0.25) is 0 Å². The fourth-order valence-electron chi connectivity index (χ4n) is 3.05. The minimum Gasteiger partial charge on any atom is -0.467 e. The Kier molecular flexibility index (Phi) is 6.06. The van der Waals surface area contributed by atoms with Gasteiger partial charge >= 0.3 is 12.1 Å². The highest BCUT2D eigenvalue weighted by molar-refractivity contribution is 7.16. The predicted molar refractivity (Wildman–Crippen MR) is 102 cm³/mol. The van der Waals surface area contributed by atoms with E-state index in [1.807, 2.05) is 0 Å². The SMILES string of the molecule is CCC(C(=O)OC)n1c(=NC(=O)c2cc(F)ccc2C(F)(F)F)sc2ccccc21. The maximum atomic E-state index is 13.6. The van der Waals surface area contributed by atoms with Gasteiger partial charge in [-0.15, -0.1) is 0 Å². The van der Waals surface area contributed by atoms with Gasteiger partial charge < -0.3 is 9.30 Å². The maximum absolute atomic E-state index is 13.6. The summed E-state index contributed by atoms with van der Waals surface area (Å²) in [6.07, 6.45) is -4.56. The van der Waals surface area contributed by atoms with E-state index in [-0.39, 0.29) is 4.80 Å². The number of halogens is 4. The average molecular weight is 440 g/mol. The minimum absolute atomic E-state index is 0.0100. The second-order valence-electron chi connectivity index (χ2n) is 6.27. The molecule has 0 aliphatic rings. The van der Waals surface area contributed by atoms with Crippen molar-refractivity contribution in [3.8, 4) is 0 Å². The topological polar surface area (TPSA) is 60.7 Å². The molecule has 3 rings (SSSR count). The fourth-order valence-corrected chi connectivity index (χ4v) is 4.12. The molecular weight excluding hydrogens is 424 g/mol. The first-order valence-corrected chi connectivity index (χ1v) is 9.62. The van der Waals surface area contributed by atoms with Crippen LogP contribution < -0.4 is 4.80 Å². The van der Waals surface area contributed by atoms with E-state index in [2.05, 4.69) is 4.99 Å². The Balaban J connectivity index is 2.25. The van der Waals surface area contributed by atoms with Crippen LogP contribution in [0.5, 0.6) is 0 Å². The van der Waals surface area contributed by atoms with Crippen LogP contribution in [0.25, 0.3) is 10.2 Å². The molecule has 158 valence electrons. The number of aromatic nitrogens is 1.